The van der Waals surface area contributed by atoms with E-state index in [1.165, 1.54) is 18.2 Å². The number of ether oxygens (including phenoxy) is 1. The number of rotatable bonds is 9. The third-order valence-electron chi connectivity index (χ3n) is 5.18. The molecule has 7 nitrogen and oxygen atoms in total. The molecule has 1 unspecified atom stereocenters. The number of aliphatic carboxylic acids is 1. The van der Waals surface area contributed by atoms with Gasteiger partial charge in [0.25, 0.3) is 10.0 Å². The molecule has 0 aliphatic heterocycles. The number of nitrogens with one attached hydrogen (secondary N) is 1. The molecular weight excluding hydrogens is 416 g/mol. The number of carboxylic acid groups (broad SMARTS) is 1. The highest BCUT2D eigenvalue weighted by atomic mass is 32.2. The van der Waals surface area contributed by atoms with E-state index >= 15 is 0 Å². The van der Waals surface area contributed by atoms with Crippen LogP contribution in [0.3, 0.4) is 0 Å². The average molecular weight is 443 g/mol. The van der Waals surface area contributed by atoms with E-state index in [2.05, 4.69) is 23.5 Å². The number of hydrogen-bond acceptors (Lipinski definition) is 5. The van der Waals surface area contributed by atoms with Gasteiger partial charge in [-0.3, -0.25) is 9.52 Å². The van der Waals surface area contributed by atoms with Gasteiger partial charge in [0.2, 0.25) is 4.75 Å². The molecule has 1 aliphatic rings. The fraction of sp³-hybridized carbons (Fsp3) is 0.261. The summed E-state index contributed by atoms with van der Waals surface area (Å²) in [6.07, 6.45) is 5.60. The van der Waals surface area contributed by atoms with Crippen LogP contribution in [-0.4, -0.2) is 37.3 Å². The Balaban J connectivity index is 1.91. The van der Waals surface area contributed by atoms with E-state index in [-0.39, 0.29) is 17.9 Å². The Labute approximate surface area is 182 Å². The van der Waals surface area contributed by atoms with Crippen LogP contribution in [0.4, 0.5) is 11.4 Å². The molecule has 3 rings (SSSR count). The van der Waals surface area contributed by atoms with E-state index in [0.29, 0.717) is 5.75 Å². The summed E-state index contributed by atoms with van der Waals surface area (Å²) in [4.78, 5) is 14.1. The first kappa shape index (κ1) is 22.4. The van der Waals surface area contributed by atoms with Crippen molar-refractivity contribution >= 4 is 27.4 Å². The number of benzene rings is 2. The molecule has 2 aromatic rings. The van der Waals surface area contributed by atoms with Gasteiger partial charge in [0, 0.05) is 31.3 Å². The largest absolute Gasteiger partial charge is 0.480 e. The standard InChI is InChI=1S/C23H26N2O5S/c1-3-25(4-2)18-11-10-12-19(17-18)30-21-14-7-6-13-20(21)24-31(28,29)23(22(26)27)15-8-5-9-16-23/h5-15,17,24H,3-4,16H2,1-2H3,(H,26,27). The number of carbonyl (C=O) groups is 1. The van der Waals surface area contributed by atoms with Crippen molar-refractivity contribution in [2.45, 2.75) is 25.0 Å². The molecule has 0 spiro atoms. The van der Waals surface area contributed by atoms with Crippen LogP contribution in [0, 0.1) is 0 Å². The molecule has 2 aromatic carbocycles. The van der Waals surface area contributed by atoms with Crippen LogP contribution in [0.1, 0.15) is 20.3 Å². The molecule has 1 atom stereocenters. The Morgan fingerprint density at radius 2 is 1.87 bits per heavy atom. The maximum Gasteiger partial charge on any atom is 0.331 e. The minimum atomic E-state index is -4.32. The molecule has 0 saturated carbocycles. The van der Waals surface area contributed by atoms with Crippen molar-refractivity contribution in [3.8, 4) is 11.5 Å². The number of hydrogen-bond donors (Lipinski definition) is 2. The molecule has 164 valence electrons. The van der Waals surface area contributed by atoms with E-state index in [0.717, 1.165) is 18.8 Å². The number of carboxylic acids is 1. The lowest BCUT2D eigenvalue weighted by molar-refractivity contribution is -0.138. The minimum absolute atomic E-state index is 0.164. The number of para-hydroxylation sites is 2. The molecule has 8 heteroatoms. The minimum Gasteiger partial charge on any atom is -0.480 e. The van der Waals surface area contributed by atoms with E-state index in [1.54, 1.807) is 36.4 Å². The van der Waals surface area contributed by atoms with E-state index < -0.39 is 20.7 Å². The first-order valence-corrected chi connectivity index (χ1v) is 11.5. The van der Waals surface area contributed by atoms with Gasteiger partial charge >= 0.3 is 5.97 Å². The van der Waals surface area contributed by atoms with Crippen molar-refractivity contribution in [2.24, 2.45) is 0 Å². The molecular formula is C23H26N2O5S. The summed E-state index contributed by atoms with van der Waals surface area (Å²) in [6, 6.07) is 14.1. The van der Waals surface area contributed by atoms with Gasteiger partial charge in [0.1, 0.15) is 5.75 Å². The predicted octanol–water partition coefficient (Wildman–Crippen LogP) is 4.41. The topological polar surface area (TPSA) is 95.9 Å². The lowest BCUT2D eigenvalue weighted by Crippen LogP contribution is -2.48. The summed E-state index contributed by atoms with van der Waals surface area (Å²) < 4.78 is 32.5. The zero-order valence-corrected chi connectivity index (χ0v) is 18.3. The first-order chi connectivity index (χ1) is 14.8. The van der Waals surface area contributed by atoms with Gasteiger partial charge < -0.3 is 14.7 Å². The van der Waals surface area contributed by atoms with Gasteiger partial charge in [0.05, 0.1) is 5.69 Å². The first-order valence-electron chi connectivity index (χ1n) is 10.0. The van der Waals surface area contributed by atoms with Crippen molar-refractivity contribution in [1.29, 1.82) is 0 Å². The Hall–Kier alpha value is -3.26. The van der Waals surface area contributed by atoms with Gasteiger partial charge in [-0.05, 0) is 38.1 Å². The fourth-order valence-electron chi connectivity index (χ4n) is 3.41. The van der Waals surface area contributed by atoms with E-state index in [1.807, 2.05) is 18.2 Å². The summed E-state index contributed by atoms with van der Waals surface area (Å²) >= 11 is 0. The van der Waals surface area contributed by atoms with Crippen LogP contribution >= 0.6 is 0 Å². The van der Waals surface area contributed by atoms with Crippen LogP contribution in [0.2, 0.25) is 0 Å². The van der Waals surface area contributed by atoms with Crippen molar-refractivity contribution in [1.82, 2.24) is 0 Å². The molecule has 0 bridgehead atoms. The van der Waals surface area contributed by atoms with Crippen molar-refractivity contribution in [3.63, 3.8) is 0 Å². The second-order valence-electron chi connectivity index (χ2n) is 7.06. The van der Waals surface area contributed by atoms with Gasteiger partial charge in [-0.2, -0.15) is 0 Å². The summed E-state index contributed by atoms with van der Waals surface area (Å²) in [6.45, 7) is 5.81. The second-order valence-corrected chi connectivity index (χ2v) is 9.00. The Kier molecular flexibility index (Phi) is 6.70. The lowest BCUT2D eigenvalue weighted by Gasteiger charge is -2.27. The Morgan fingerprint density at radius 3 is 2.52 bits per heavy atom. The molecule has 1 aliphatic carbocycles. The van der Waals surface area contributed by atoms with Gasteiger partial charge in [-0.1, -0.05) is 42.5 Å². The van der Waals surface area contributed by atoms with Crippen LogP contribution < -0.4 is 14.4 Å². The zero-order valence-electron chi connectivity index (χ0n) is 17.5. The second kappa shape index (κ2) is 9.26. The highest BCUT2D eigenvalue weighted by molar-refractivity contribution is 7.95. The molecule has 0 amide bonds. The summed E-state index contributed by atoms with van der Waals surface area (Å²) in [5, 5.41) is 9.70. The SMILES string of the molecule is CCN(CC)c1cccc(Oc2ccccc2NS(=O)(=O)C2(C(=O)O)C=CC=CC2)c1. The van der Waals surface area contributed by atoms with Crippen LogP contribution in [0.25, 0.3) is 0 Å². The molecule has 31 heavy (non-hydrogen) atoms. The summed E-state index contributed by atoms with van der Waals surface area (Å²) in [5.74, 6) is -0.617. The quantitative estimate of drug-likeness (QED) is 0.597. The van der Waals surface area contributed by atoms with Gasteiger partial charge in [-0.15, -0.1) is 0 Å². The highest BCUT2D eigenvalue weighted by Crippen LogP contribution is 2.35. The molecule has 0 saturated heterocycles. The summed E-state index contributed by atoms with van der Waals surface area (Å²) in [5.41, 5.74) is 1.16. The maximum absolute atomic E-state index is 13.1. The van der Waals surface area contributed by atoms with Crippen LogP contribution in [0.15, 0.2) is 72.8 Å². The maximum atomic E-state index is 13.1. The Morgan fingerprint density at radius 1 is 1.13 bits per heavy atom. The number of nitrogens with zero attached hydrogens (tertiary/aromatic N) is 1. The number of anilines is 2. The van der Waals surface area contributed by atoms with Crippen LogP contribution in [-0.2, 0) is 14.8 Å². The van der Waals surface area contributed by atoms with Crippen LogP contribution in [0.5, 0.6) is 11.5 Å². The number of sulfonamides is 1. The van der Waals surface area contributed by atoms with Gasteiger partial charge in [-0.25, -0.2) is 8.42 Å². The monoisotopic (exact) mass is 442 g/mol. The third kappa shape index (κ3) is 4.59. The third-order valence-corrected chi connectivity index (χ3v) is 7.11. The molecule has 0 aromatic heterocycles. The Bertz CT molecular complexity index is 1110. The normalized spacial score (nSPS) is 17.9. The van der Waals surface area contributed by atoms with Crippen molar-refractivity contribution in [3.05, 3.63) is 72.8 Å². The zero-order chi connectivity index (χ0) is 22.5. The lowest BCUT2D eigenvalue weighted by atomic mass is 10.0. The average Bonchev–Trinajstić information content (AvgIpc) is 2.76. The predicted molar refractivity (Wildman–Crippen MR) is 122 cm³/mol. The van der Waals surface area contributed by atoms with Crippen molar-refractivity contribution < 1.29 is 23.1 Å². The summed E-state index contributed by atoms with van der Waals surface area (Å²) in [7, 11) is -4.32. The van der Waals surface area contributed by atoms with Gasteiger partial charge in [0.15, 0.2) is 5.75 Å². The fourth-order valence-corrected chi connectivity index (χ4v) is 4.85. The van der Waals surface area contributed by atoms with E-state index in [9.17, 15) is 18.3 Å². The number of allylic oxidation sites excluding steroid dienone is 3. The molecule has 0 heterocycles. The van der Waals surface area contributed by atoms with E-state index in [4.69, 9.17) is 4.74 Å². The molecule has 2 N–H and O–H groups in total. The highest BCUT2D eigenvalue weighted by Gasteiger charge is 2.49. The smallest absolute Gasteiger partial charge is 0.331 e. The van der Waals surface area contributed by atoms with Crippen molar-refractivity contribution in [2.75, 3.05) is 22.7 Å². The molecule has 0 fully saturated rings. The molecule has 0 radical (unpaired) electrons.